The van der Waals surface area contributed by atoms with E-state index in [2.05, 4.69) is 16.0 Å². The summed E-state index contributed by atoms with van der Waals surface area (Å²) in [6.07, 6.45) is -0.519. The van der Waals surface area contributed by atoms with Crippen molar-refractivity contribution in [3.8, 4) is 11.1 Å². The van der Waals surface area contributed by atoms with Crippen molar-refractivity contribution in [1.29, 1.82) is 0 Å². The largest absolute Gasteiger partial charge is 0.480 e. The highest BCUT2D eigenvalue weighted by Crippen LogP contribution is 2.44. The molecule has 0 heterocycles. The molecule has 35 heavy (non-hydrogen) atoms. The zero-order valence-electron chi connectivity index (χ0n) is 20.0. The minimum atomic E-state index is -1.15. The number of carbonyl (C=O) groups excluding carboxylic acids is 3. The van der Waals surface area contributed by atoms with Crippen molar-refractivity contribution in [3.05, 3.63) is 59.7 Å². The van der Waals surface area contributed by atoms with Gasteiger partial charge in [0.1, 0.15) is 18.7 Å². The number of fused-ring (bicyclic) bond motifs is 3. The van der Waals surface area contributed by atoms with Crippen LogP contribution in [0.2, 0.25) is 0 Å². The summed E-state index contributed by atoms with van der Waals surface area (Å²) < 4.78 is 5.52. The van der Waals surface area contributed by atoms with Crippen LogP contribution in [0.15, 0.2) is 48.5 Å². The van der Waals surface area contributed by atoms with E-state index in [1.54, 1.807) is 20.8 Å². The van der Waals surface area contributed by atoms with Crippen LogP contribution in [0.4, 0.5) is 4.79 Å². The van der Waals surface area contributed by atoms with Gasteiger partial charge in [0.15, 0.2) is 0 Å². The Kier molecular flexibility index (Phi) is 8.46. The van der Waals surface area contributed by atoms with Crippen LogP contribution in [-0.2, 0) is 19.1 Å². The molecule has 0 unspecified atom stereocenters. The smallest absolute Gasteiger partial charge is 0.407 e. The highest BCUT2D eigenvalue weighted by molar-refractivity contribution is 5.91. The van der Waals surface area contributed by atoms with Crippen molar-refractivity contribution in [3.63, 3.8) is 0 Å². The summed E-state index contributed by atoms with van der Waals surface area (Å²) in [5.41, 5.74) is 4.39. The summed E-state index contributed by atoms with van der Waals surface area (Å²) in [4.78, 5) is 48.2. The third kappa shape index (κ3) is 6.17. The number of nitrogens with one attached hydrogen (secondary N) is 3. The second-order valence-corrected chi connectivity index (χ2v) is 8.78. The van der Waals surface area contributed by atoms with Gasteiger partial charge in [0.05, 0.1) is 6.54 Å². The maximum atomic E-state index is 12.6. The number of amides is 3. The normalized spacial score (nSPS) is 13.8. The van der Waals surface area contributed by atoms with Gasteiger partial charge in [-0.15, -0.1) is 0 Å². The van der Waals surface area contributed by atoms with Gasteiger partial charge in [-0.2, -0.15) is 0 Å². The number of carboxylic acid groups (broad SMARTS) is 1. The fraction of sp³-hybridized carbons (Fsp3) is 0.385. The molecule has 0 saturated heterocycles. The summed E-state index contributed by atoms with van der Waals surface area (Å²) in [5, 5.41) is 16.4. The number of aliphatic carboxylic acids is 1. The van der Waals surface area contributed by atoms with E-state index in [0.29, 0.717) is 0 Å². The fourth-order valence-electron chi connectivity index (χ4n) is 4.16. The van der Waals surface area contributed by atoms with Crippen LogP contribution in [0.25, 0.3) is 11.1 Å². The Balaban J connectivity index is 1.56. The zero-order chi connectivity index (χ0) is 25.5. The Morgan fingerprint density at radius 3 is 2.03 bits per heavy atom. The highest BCUT2D eigenvalue weighted by Gasteiger charge is 2.30. The molecule has 0 radical (unpaired) electrons. The SMILES string of the molecule is CC[C@@H](NC(=O)CNC(=O)[C@@H](NC(=O)OCC1c2ccccc2-c2ccccc21)C(C)C)C(=O)O. The number of alkyl carbamates (subject to hydrolysis) is 1. The molecule has 2 aromatic carbocycles. The quantitative estimate of drug-likeness (QED) is 0.412. The summed E-state index contributed by atoms with van der Waals surface area (Å²) >= 11 is 0. The zero-order valence-corrected chi connectivity index (χ0v) is 20.0. The Morgan fingerprint density at radius 2 is 1.51 bits per heavy atom. The molecule has 3 rings (SSSR count). The van der Waals surface area contributed by atoms with Crippen LogP contribution < -0.4 is 16.0 Å². The number of hydrogen-bond acceptors (Lipinski definition) is 5. The molecule has 2 aromatic rings. The van der Waals surface area contributed by atoms with E-state index >= 15 is 0 Å². The first kappa shape index (κ1) is 25.7. The Bertz CT molecular complexity index is 1050. The average Bonchev–Trinajstić information content (AvgIpc) is 3.16. The first-order valence-electron chi connectivity index (χ1n) is 11.6. The van der Waals surface area contributed by atoms with Crippen LogP contribution in [0.5, 0.6) is 0 Å². The van der Waals surface area contributed by atoms with Crippen LogP contribution >= 0.6 is 0 Å². The third-order valence-electron chi connectivity index (χ3n) is 6.03. The summed E-state index contributed by atoms with van der Waals surface area (Å²) in [6, 6.07) is 14.0. The molecule has 0 bridgehead atoms. The van der Waals surface area contributed by atoms with Crippen LogP contribution in [0, 0.1) is 5.92 Å². The molecule has 1 aliphatic carbocycles. The van der Waals surface area contributed by atoms with Crippen molar-refractivity contribution < 1.29 is 29.0 Å². The van der Waals surface area contributed by atoms with Crippen molar-refractivity contribution in [2.45, 2.75) is 45.2 Å². The Labute approximate surface area is 204 Å². The van der Waals surface area contributed by atoms with Gasteiger partial charge >= 0.3 is 12.1 Å². The molecular formula is C26H31N3O6. The predicted molar refractivity (Wildman–Crippen MR) is 130 cm³/mol. The van der Waals surface area contributed by atoms with Gasteiger partial charge in [-0.25, -0.2) is 9.59 Å². The predicted octanol–water partition coefficient (Wildman–Crippen LogP) is 2.65. The van der Waals surface area contributed by atoms with Gasteiger partial charge in [0, 0.05) is 5.92 Å². The van der Waals surface area contributed by atoms with E-state index in [0.717, 1.165) is 22.3 Å². The Morgan fingerprint density at radius 1 is 0.943 bits per heavy atom. The molecule has 186 valence electrons. The molecule has 9 nitrogen and oxygen atoms in total. The molecule has 9 heteroatoms. The van der Waals surface area contributed by atoms with Crippen LogP contribution in [-0.4, -0.2) is 54.2 Å². The van der Waals surface area contributed by atoms with E-state index < -0.39 is 42.5 Å². The lowest BCUT2D eigenvalue weighted by atomic mass is 9.98. The first-order valence-corrected chi connectivity index (χ1v) is 11.6. The highest BCUT2D eigenvalue weighted by atomic mass is 16.5. The molecule has 1 aliphatic rings. The van der Waals surface area contributed by atoms with Crippen molar-refractivity contribution in [2.75, 3.05) is 13.2 Å². The summed E-state index contributed by atoms with van der Waals surface area (Å²) in [7, 11) is 0. The number of carbonyl (C=O) groups is 4. The maximum Gasteiger partial charge on any atom is 0.407 e. The lowest BCUT2D eigenvalue weighted by molar-refractivity contribution is -0.141. The van der Waals surface area contributed by atoms with E-state index in [1.807, 2.05) is 48.5 Å². The van der Waals surface area contributed by atoms with E-state index in [-0.39, 0.29) is 24.9 Å². The number of benzene rings is 2. The van der Waals surface area contributed by atoms with Gasteiger partial charge in [0.25, 0.3) is 0 Å². The van der Waals surface area contributed by atoms with E-state index in [9.17, 15) is 19.2 Å². The summed E-state index contributed by atoms with van der Waals surface area (Å²) in [5.74, 6) is -2.72. The van der Waals surface area contributed by atoms with Gasteiger partial charge in [-0.3, -0.25) is 9.59 Å². The van der Waals surface area contributed by atoms with Crippen molar-refractivity contribution in [1.82, 2.24) is 16.0 Å². The third-order valence-corrected chi connectivity index (χ3v) is 6.03. The minimum absolute atomic E-state index is 0.107. The molecule has 0 aromatic heterocycles. The maximum absolute atomic E-state index is 12.6. The molecular weight excluding hydrogens is 450 g/mol. The standard InChI is InChI=1S/C26H31N3O6/c1-4-21(25(32)33)28-22(30)13-27-24(31)23(15(2)3)29-26(34)35-14-20-18-11-7-5-9-16(18)17-10-6-8-12-19(17)20/h5-12,15,20-21,23H,4,13-14H2,1-3H3,(H,27,31)(H,28,30)(H,29,34)(H,32,33)/t21-,23+/m1/s1. The molecule has 3 amide bonds. The number of hydrogen-bond donors (Lipinski definition) is 4. The average molecular weight is 482 g/mol. The second kappa shape index (κ2) is 11.5. The van der Waals surface area contributed by atoms with Gasteiger partial charge in [-0.05, 0) is 34.6 Å². The van der Waals surface area contributed by atoms with Gasteiger partial charge < -0.3 is 25.8 Å². The number of ether oxygens (including phenoxy) is 1. The lowest BCUT2D eigenvalue weighted by Gasteiger charge is -2.22. The van der Waals surface area contributed by atoms with Crippen LogP contribution in [0.3, 0.4) is 0 Å². The number of rotatable bonds is 10. The monoisotopic (exact) mass is 481 g/mol. The van der Waals surface area contributed by atoms with Crippen molar-refractivity contribution in [2.24, 2.45) is 5.92 Å². The lowest BCUT2D eigenvalue weighted by Crippen LogP contribution is -2.52. The summed E-state index contributed by atoms with van der Waals surface area (Å²) in [6.45, 7) is 4.85. The van der Waals surface area contributed by atoms with Crippen LogP contribution in [0.1, 0.15) is 44.2 Å². The molecule has 0 spiro atoms. The van der Waals surface area contributed by atoms with Gasteiger partial charge in [0.2, 0.25) is 11.8 Å². The molecule has 0 fully saturated rings. The van der Waals surface area contributed by atoms with E-state index in [4.69, 9.17) is 9.84 Å². The molecule has 4 N–H and O–H groups in total. The molecule has 2 atom stereocenters. The Hall–Kier alpha value is -3.88. The topological polar surface area (TPSA) is 134 Å². The minimum Gasteiger partial charge on any atom is -0.480 e. The van der Waals surface area contributed by atoms with Crippen molar-refractivity contribution >= 4 is 23.9 Å². The molecule has 0 saturated carbocycles. The first-order chi connectivity index (χ1) is 16.7. The number of carboxylic acids is 1. The molecule has 0 aliphatic heterocycles. The van der Waals surface area contributed by atoms with E-state index in [1.165, 1.54) is 0 Å². The second-order valence-electron chi connectivity index (χ2n) is 8.78. The fourth-order valence-corrected chi connectivity index (χ4v) is 4.16. The van der Waals surface area contributed by atoms with Gasteiger partial charge in [-0.1, -0.05) is 69.3 Å².